The van der Waals surface area contributed by atoms with Crippen molar-refractivity contribution < 1.29 is 9.26 Å². The third-order valence-electron chi connectivity index (χ3n) is 4.71. The molecule has 0 amide bonds. The van der Waals surface area contributed by atoms with Gasteiger partial charge in [0.15, 0.2) is 0 Å². The summed E-state index contributed by atoms with van der Waals surface area (Å²) in [6.07, 6.45) is 6.60. The Bertz CT molecular complexity index is 432. The Balaban J connectivity index is 1.80. The first-order valence-electron chi connectivity index (χ1n) is 7.95. The van der Waals surface area contributed by atoms with E-state index in [1.54, 1.807) is 0 Å². The highest BCUT2D eigenvalue weighted by Gasteiger charge is 2.41. The maximum atomic E-state index is 6.08. The Morgan fingerprint density at radius 2 is 2.15 bits per heavy atom. The van der Waals surface area contributed by atoms with Crippen LogP contribution in [0.15, 0.2) is 4.52 Å². The monoisotopic (exact) mass is 279 g/mol. The van der Waals surface area contributed by atoms with Crippen LogP contribution in [0, 0.1) is 5.92 Å². The summed E-state index contributed by atoms with van der Waals surface area (Å²) in [5, 5.41) is 7.65. The van der Waals surface area contributed by atoms with Gasteiger partial charge in [0.1, 0.15) is 5.60 Å². The predicted octanol–water partition coefficient (Wildman–Crippen LogP) is 2.94. The fourth-order valence-electron chi connectivity index (χ4n) is 3.39. The molecule has 1 aromatic rings. The average Bonchev–Trinajstić information content (AvgIpc) is 3.12. The van der Waals surface area contributed by atoms with E-state index in [0.29, 0.717) is 6.61 Å². The minimum Gasteiger partial charge on any atom is -0.367 e. The summed E-state index contributed by atoms with van der Waals surface area (Å²) in [5.41, 5.74) is -0.318. The van der Waals surface area contributed by atoms with Crippen LogP contribution in [0.3, 0.4) is 0 Å². The fourth-order valence-corrected chi connectivity index (χ4v) is 3.39. The zero-order chi connectivity index (χ0) is 14.0. The fraction of sp³-hybridized carbons (Fsp3) is 0.867. The lowest BCUT2D eigenvalue weighted by Gasteiger charge is -2.36. The summed E-state index contributed by atoms with van der Waals surface area (Å²) < 4.78 is 11.6. The minimum atomic E-state index is -0.318. The molecule has 0 spiro atoms. The van der Waals surface area contributed by atoms with Gasteiger partial charge in [-0.3, -0.25) is 0 Å². The van der Waals surface area contributed by atoms with Crippen molar-refractivity contribution in [2.75, 3.05) is 13.2 Å². The number of ether oxygens (including phenoxy) is 1. The van der Waals surface area contributed by atoms with Crippen molar-refractivity contribution in [3.63, 3.8) is 0 Å². The molecule has 2 heterocycles. The van der Waals surface area contributed by atoms with E-state index in [4.69, 9.17) is 9.26 Å². The summed E-state index contributed by atoms with van der Waals surface area (Å²) >= 11 is 0. The van der Waals surface area contributed by atoms with Gasteiger partial charge in [-0.05, 0) is 57.9 Å². The molecule has 1 saturated carbocycles. The molecule has 2 fully saturated rings. The molecule has 2 aliphatic rings. The molecule has 0 unspecified atom stereocenters. The Labute approximate surface area is 120 Å². The van der Waals surface area contributed by atoms with E-state index >= 15 is 0 Å². The third kappa shape index (κ3) is 2.61. The van der Waals surface area contributed by atoms with E-state index in [1.165, 1.54) is 19.3 Å². The highest BCUT2D eigenvalue weighted by Crippen LogP contribution is 2.41. The quantitative estimate of drug-likeness (QED) is 0.918. The van der Waals surface area contributed by atoms with Crippen LogP contribution in [-0.2, 0) is 10.3 Å². The van der Waals surface area contributed by atoms with Crippen molar-refractivity contribution in [2.45, 2.75) is 64.0 Å². The van der Waals surface area contributed by atoms with Gasteiger partial charge in [0.2, 0.25) is 11.7 Å². The summed E-state index contributed by atoms with van der Waals surface area (Å²) in [6.45, 7) is 6.08. The first-order chi connectivity index (χ1) is 9.73. The van der Waals surface area contributed by atoms with Crippen LogP contribution in [-0.4, -0.2) is 23.3 Å². The smallest absolute Gasteiger partial charge is 0.243 e. The molecule has 1 aliphatic carbocycles. The maximum absolute atomic E-state index is 6.08. The van der Waals surface area contributed by atoms with Crippen LogP contribution in [0.1, 0.15) is 70.1 Å². The van der Waals surface area contributed by atoms with Crippen LogP contribution in [0.5, 0.6) is 0 Å². The van der Waals surface area contributed by atoms with Crippen molar-refractivity contribution in [1.82, 2.24) is 15.5 Å². The lowest BCUT2D eigenvalue weighted by molar-refractivity contribution is -0.0847. The molecule has 3 rings (SSSR count). The summed E-state index contributed by atoms with van der Waals surface area (Å²) in [6, 6.07) is 0.234. The molecule has 1 saturated heterocycles. The van der Waals surface area contributed by atoms with Crippen molar-refractivity contribution >= 4 is 0 Å². The molecule has 0 bridgehead atoms. The second kappa shape index (κ2) is 5.82. The molecule has 5 nitrogen and oxygen atoms in total. The number of aromatic nitrogens is 2. The van der Waals surface area contributed by atoms with Crippen LogP contribution >= 0.6 is 0 Å². The number of hydrogen-bond donors (Lipinski definition) is 1. The summed E-state index contributed by atoms with van der Waals surface area (Å²) in [7, 11) is 0. The van der Waals surface area contributed by atoms with E-state index in [9.17, 15) is 0 Å². The van der Waals surface area contributed by atoms with Gasteiger partial charge < -0.3 is 14.6 Å². The molecule has 1 aliphatic heterocycles. The molecule has 0 aromatic carbocycles. The van der Waals surface area contributed by atoms with E-state index in [-0.39, 0.29) is 11.6 Å². The molecule has 20 heavy (non-hydrogen) atoms. The second-order valence-electron chi connectivity index (χ2n) is 6.21. The van der Waals surface area contributed by atoms with Gasteiger partial charge in [-0.1, -0.05) is 12.1 Å². The SMILES string of the molecule is CCOC1(c2noc([C@H]3CCCN3)n2)CCC(C)CC1. The molecule has 1 N–H and O–H groups in total. The Morgan fingerprint density at radius 3 is 2.80 bits per heavy atom. The van der Waals surface area contributed by atoms with E-state index in [1.807, 2.05) is 6.92 Å². The van der Waals surface area contributed by atoms with Crippen LogP contribution in [0.2, 0.25) is 0 Å². The van der Waals surface area contributed by atoms with Gasteiger partial charge in [-0.25, -0.2) is 0 Å². The zero-order valence-electron chi connectivity index (χ0n) is 12.5. The zero-order valence-corrected chi connectivity index (χ0v) is 12.5. The Kier molecular flexibility index (Phi) is 4.08. The number of rotatable bonds is 4. The standard InChI is InChI=1S/C15H25N3O2/c1-3-19-15(8-6-11(2)7-9-15)14-17-13(20-18-14)12-5-4-10-16-12/h11-12,16H,3-10H2,1-2H3/t11?,12-,15?/m1/s1. The van der Waals surface area contributed by atoms with Gasteiger partial charge in [0, 0.05) is 6.61 Å². The molecule has 1 aromatic heterocycles. The topological polar surface area (TPSA) is 60.2 Å². The van der Waals surface area contributed by atoms with Gasteiger partial charge in [0.05, 0.1) is 6.04 Å². The van der Waals surface area contributed by atoms with E-state index in [2.05, 4.69) is 22.4 Å². The number of nitrogens with one attached hydrogen (secondary N) is 1. The van der Waals surface area contributed by atoms with Gasteiger partial charge in [0.25, 0.3) is 0 Å². The first-order valence-corrected chi connectivity index (χ1v) is 7.95. The predicted molar refractivity (Wildman–Crippen MR) is 75.2 cm³/mol. The normalized spacial score (nSPS) is 34.5. The highest BCUT2D eigenvalue weighted by atomic mass is 16.5. The first kappa shape index (κ1) is 14.0. The van der Waals surface area contributed by atoms with Crippen molar-refractivity contribution in [2.24, 2.45) is 5.92 Å². The van der Waals surface area contributed by atoms with Gasteiger partial charge in [-0.2, -0.15) is 4.98 Å². The lowest BCUT2D eigenvalue weighted by Crippen LogP contribution is -2.35. The Morgan fingerprint density at radius 1 is 1.35 bits per heavy atom. The van der Waals surface area contributed by atoms with Crippen LogP contribution in [0.25, 0.3) is 0 Å². The average molecular weight is 279 g/mol. The Hall–Kier alpha value is -0.940. The molecule has 1 atom stereocenters. The lowest BCUT2D eigenvalue weighted by atomic mass is 9.79. The van der Waals surface area contributed by atoms with Gasteiger partial charge in [-0.15, -0.1) is 0 Å². The van der Waals surface area contributed by atoms with Crippen LogP contribution in [0.4, 0.5) is 0 Å². The van der Waals surface area contributed by atoms with E-state index < -0.39 is 0 Å². The molecular weight excluding hydrogens is 254 g/mol. The molecule has 0 radical (unpaired) electrons. The molecule has 5 heteroatoms. The third-order valence-corrected chi connectivity index (χ3v) is 4.71. The number of nitrogens with zero attached hydrogens (tertiary/aromatic N) is 2. The minimum absolute atomic E-state index is 0.234. The summed E-state index contributed by atoms with van der Waals surface area (Å²) in [4.78, 5) is 4.67. The molecule has 112 valence electrons. The van der Waals surface area contributed by atoms with Crippen LogP contribution < -0.4 is 5.32 Å². The van der Waals surface area contributed by atoms with E-state index in [0.717, 1.165) is 43.4 Å². The largest absolute Gasteiger partial charge is 0.367 e. The van der Waals surface area contributed by atoms with Crippen molar-refractivity contribution in [3.8, 4) is 0 Å². The molecular formula is C15H25N3O2. The number of hydrogen-bond acceptors (Lipinski definition) is 5. The van der Waals surface area contributed by atoms with Crippen molar-refractivity contribution in [3.05, 3.63) is 11.7 Å². The summed E-state index contributed by atoms with van der Waals surface area (Å²) in [5.74, 6) is 2.26. The maximum Gasteiger partial charge on any atom is 0.243 e. The highest BCUT2D eigenvalue weighted by molar-refractivity contribution is 5.06. The second-order valence-corrected chi connectivity index (χ2v) is 6.21. The van der Waals surface area contributed by atoms with Crippen molar-refractivity contribution in [1.29, 1.82) is 0 Å². The van der Waals surface area contributed by atoms with Gasteiger partial charge >= 0.3 is 0 Å².